The van der Waals surface area contributed by atoms with Gasteiger partial charge in [-0.3, -0.25) is 38.4 Å². The zero-order valence-electron chi connectivity index (χ0n) is 42.6. The van der Waals surface area contributed by atoms with Crippen molar-refractivity contribution < 1.29 is 53.4 Å². The number of nitrogens with two attached hydrogens (primary N) is 2. The number of carbonyl (C=O) groups excluding carboxylic acids is 8. The number of ketones is 1. The zero-order valence-corrected chi connectivity index (χ0v) is 42.6. The zero-order chi connectivity index (χ0) is 53.7. The van der Waals surface area contributed by atoms with E-state index in [2.05, 4.69) is 26.6 Å². The summed E-state index contributed by atoms with van der Waals surface area (Å²) in [5.41, 5.74) is 13.5. The minimum Gasteiger partial charge on any atom is -0.480 e. The molecule has 3 rings (SSSR count). The van der Waals surface area contributed by atoms with Crippen molar-refractivity contribution in [2.45, 2.75) is 173 Å². The highest BCUT2D eigenvalue weighted by atomic mass is 16.4. The van der Waals surface area contributed by atoms with E-state index in [1.807, 2.05) is 13.0 Å². The molecule has 398 valence electrons. The van der Waals surface area contributed by atoms with Crippen molar-refractivity contribution in [2.24, 2.45) is 17.4 Å². The van der Waals surface area contributed by atoms with Crippen molar-refractivity contribution in [2.75, 3.05) is 0 Å². The van der Waals surface area contributed by atoms with Gasteiger partial charge in [0.05, 0.1) is 12.5 Å². The Hall–Kier alpha value is -6.95. The van der Waals surface area contributed by atoms with Gasteiger partial charge in [-0.25, -0.2) is 4.79 Å². The SMILES string of the molecule is CC[C@H](C)[C@@H](NC(=O)[C@@H](NC(=O)CCCCCCCCCCCCCCC(=O)N[C@H](CC(=O)N[C@@H](Cc1ccccc1)C(=O)O)C(N)=O)[C@H](C)O)C(=O)N[C@@H](Cc1ccc(C(=O)c2ccccc2)cc1)C(N)=O. The summed E-state index contributed by atoms with van der Waals surface area (Å²) in [5.74, 6) is -6.37. The standard InChI is InChI=1S/C55H77N7O11/c1-4-36(2)48(53(70)60-42(51(56)68)33-39-29-31-41(32-30-39)50(67)40-25-19-16-20-26-40)62-54(71)49(37(3)63)61-46(65)28-22-14-12-10-8-6-5-7-9-11-13-21-27-45(64)58-43(52(57)69)35-47(66)59-44(55(72)73)34-38-23-17-15-18-24-38/h15-20,23-26,29-32,36-37,42-44,48-49,63H,4-14,21-22,27-28,33-35H2,1-3H3,(H2,56,68)(H2,57,69)(H,58,64)(H,59,66)(H,60,70)(H,61,65)(H,62,71)(H,72,73)/t36-,37-,42-,43+,44-,48+,49-/m0/s1. The van der Waals surface area contributed by atoms with Gasteiger partial charge in [0.1, 0.15) is 30.2 Å². The lowest BCUT2D eigenvalue weighted by atomic mass is 9.96. The Morgan fingerprint density at radius 2 is 0.904 bits per heavy atom. The second-order valence-electron chi connectivity index (χ2n) is 18.8. The molecule has 0 aliphatic rings. The number of hydrogen-bond donors (Lipinski definition) is 9. The Labute approximate surface area is 429 Å². The van der Waals surface area contributed by atoms with Crippen molar-refractivity contribution in [3.05, 3.63) is 107 Å². The summed E-state index contributed by atoms with van der Waals surface area (Å²) in [7, 11) is 0. The molecular weight excluding hydrogens is 935 g/mol. The number of carboxylic acids is 1. The number of nitrogens with one attached hydrogen (secondary N) is 5. The van der Waals surface area contributed by atoms with Gasteiger partial charge in [0.25, 0.3) is 0 Å². The van der Waals surface area contributed by atoms with Crippen LogP contribution in [0.15, 0.2) is 84.9 Å². The number of primary amides is 2. The number of hydrogen-bond acceptors (Lipinski definition) is 10. The van der Waals surface area contributed by atoms with Gasteiger partial charge >= 0.3 is 5.97 Å². The lowest BCUT2D eigenvalue weighted by Gasteiger charge is -2.28. The molecule has 0 aliphatic heterocycles. The summed E-state index contributed by atoms with van der Waals surface area (Å²) in [6, 6.07) is 18.2. The van der Waals surface area contributed by atoms with Gasteiger partial charge in [-0.05, 0) is 36.8 Å². The molecule has 18 nitrogen and oxygen atoms in total. The summed E-state index contributed by atoms with van der Waals surface area (Å²) in [5, 5.41) is 32.9. The van der Waals surface area contributed by atoms with Crippen molar-refractivity contribution >= 4 is 53.1 Å². The highest BCUT2D eigenvalue weighted by Gasteiger charge is 2.34. The van der Waals surface area contributed by atoms with Crippen LogP contribution in [-0.2, 0) is 51.2 Å². The van der Waals surface area contributed by atoms with E-state index >= 15 is 0 Å². The summed E-state index contributed by atoms with van der Waals surface area (Å²) in [6.45, 7) is 4.97. The molecule has 7 atom stereocenters. The molecule has 0 radical (unpaired) electrons. The van der Waals surface area contributed by atoms with Crippen LogP contribution in [0.3, 0.4) is 0 Å². The first-order chi connectivity index (χ1) is 34.9. The fraction of sp³-hybridized carbons (Fsp3) is 0.509. The lowest BCUT2D eigenvalue weighted by molar-refractivity contribution is -0.142. The number of benzene rings is 3. The minimum atomic E-state index is -1.32. The fourth-order valence-corrected chi connectivity index (χ4v) is 8.18. The monoisotopic (exact) mass is 1010 g/mol. The number of unbranched alkanes of at least 4 members (excludes halogenated alkanes) is 11. The summed E-state index contributed by atoms with van der Waals surface area (Å²) >= 11 is 0. The molecule has 18 heteroatoms. The molecule has 0 fully saturated rings. The van der Waals surface area contributed by atoms with Gasteiger partial charge in [-0.15, -0.1) is 0 Å². The third kappa shape index (κ3) is 23.0. The van der Waals surface area contributed by atoms with Gasteiger partial charge in [0.2, 0.25) is 41.4 Å². The molecular formula is C55H77N7O11. The van der Waals surface area contributed by atoms with Crippen LogP contribution in [0.25, 0.3) is 0 Å². The first kappa shape index (κ1) is 60.4. The minimum absolute atomic E-state index is 0.0396. The smallest absolute Gasteiger partial charge is 0.326 e. The average Bonchev–Trinajstić information content (AvgIpc) is 3.36. The van der Waals surface area contributed by atoms with E-state index < -0.39 is 90.1 Å². The highest BCUT2D eigenvalue weighted by molar-refractivity contribution is 6.09. The van der Waals surface area contributed by atoms with E-state index in [1.165, 1.54) is 6.92 Å². The first-order valence-corrected chi connectivity index (χ1v) is 25.6. The third-order valence-electron chi connectivity index (χ3n) is 12.8. The van der Waals surface area contributed by atoms with Gasteiger partial charge in [-0.1, -0.05) is 169 Å². The number of carboxylic acid groups (broad SMARTS) is 1. The second-order valence-corrected chi connectivity index (χ2v) is 18.8. The number of rotatable bonds is 36. The molecule has 0 heterocycles. The molecule has 0 aromatic heterocycles. The summed E-state index contributed by atoms with van der Waals surface area (Å²) < 4.78 is 0. The lowest BCUT2D eigenvalue weighted by Crippen LogP contribution is -2.60. The third-order valence-corrected chi connectivity index (χ3v) is 12.8. The number of amides is 7. The first-order valence-electron chi connectivity index (χ1n) is 25.6. The maximum absolute atomic E-state index is 13.6. The Balaban J connectivity index is 1.28. The molecule has 0 spiro atoms. The second kappa shape index (κ2) is 32.9. The van der Waals surface area contributed by atoms with Crippen LogP contribution in [0, 0.1) is 5.92 Å². The van der Waals surface area contributed by atoms with Gasteiger partial charge < -0.3 is 48.3 Å². The topological polar surface area (TPSA) is 306 Å². The van der Waals surface area contributed by atoms with Gasteiger partial charge in [-0.2, -0.15) is 0 Å². The van der Waals surface area contributed by atoms with E-state index in [0.717, 1.165) is 69.8 Å². The Bertz CT molecular complexity index is 2240. The molecule has 73 heavy (non-hydrogen) atoms. The van der Waals surface area contributed by atoms with E-state index in [0.29, 0.717) is 36.0 Å². The fourth-order valence-electron chi connectivity index (χ4n) is 8.18. The Morgan fingerprint density at radius 1 is 0.479 bits per heavy atom. The van der Waals surface area contributed by atoms with Crippen molar-refractivity contribution in [1.29, 1.82) is 0 Å². The van der Waals surface area contributed by atoms with Crippen molar-refractivity contribution in [3.63, 3.8) is 0 Å². The molecule has 0 unspecified atom stereocenters. The predicted molar refractivity (Wildman–Crippen MR) is 276 cm³/mol. The Kier molecular flexibility index (Phi) is 27.2. The molecule has 3 aromatic carbocycles. The quantitative estimate of drug-likeness (QED) is 0.0289. The largest absolute Gasteiger partial charge is 0.480 e. The summed E-state index contributed by atoms with van der Waals surface area (Å²) in [6.07, 6.45) is 10.1. The van der Waals surface area contributed by atoms with Crippen LogP contribution in [0.1, 0.15) is 151 Å². The van der Waals surface area contributed by atoms with Crippen LogP contribution in [-0.4, -0.2) is 99.6 Å². The molecule has 3 aromatic rings. The van der Waals surface area contributed by atoms with E-state index in [-0.39, 0.29) is 37.4 Å². The van der Waals surface area contributed by atoms with E-state index in [4.69, 9.17) is 11.5 Å². The molecule has 0 bridgehead atoms. The van der Waals surface area contributed by atoms with Crippen LogP contribution >= 0.6 is 0 Å². The number of carbonyl (C=O) groups is 9. The van der Waals surface area contributed by atoms with Crippen LogP contribution in [0.4, 0.5) is 0 Å². The van der Waals surface area contributed by atoms with Crippen molar-refractivity contribution in [1.82, 2.24) is 26.6 Å². The molecule has 7 amide bonds. The van der Waals surface area contributed by atoms with E-state index in [1.54, 1.807) is 85.8 Å². The number of aliphatic carboxylic acids is 1. The molecule has 0 saturated heterocycles. The number of aliphatic hydroxyl groups is 1. The Morgan fingerprint density at radius 3 is 1.38 bits per heavy atom. The van der Waals surface area contributed by atoms with Gasteiger partial charge in [0, 0.05) is 36.8 Å². The number of aliphatic hydroxyl groups excluding tert-OH is 1. The average molecular weight is 1010 g/mol. The van der Waals surface area contributed by atoms with Crippen LogP contribution in [0.2, 0.25) is 0 Å². The maximum Gasteiger partial charge on any atom is 0.326 e. The molecule has 11 N–H and O–H groups in total. The predicted octanol–water partition coefficient (Wildman–Crippen LogP) is 4.46. The van der Waals surface area contributed by atoms with Crippen molar-refractivity contribution in [3.8, 4) is 0 Å². The van der Waals surface area contributed by atoms with Crippen LogP contribution < -0.4 is 38.1 Å². The van der Waals surface area contributed by atoms with Gasteiger partial charge in [0.15, 0.2) is 5.78 Å². The van der Waals surface area contributed by atoms with Crippen LogP contribution in [0.5, 0.6) is 0 Å². The highest BCUT2D eigenvalue weighted by Crippen LogP contribution is 2.16. The summed E-state index contributed by atoms with van der Waals surface area (Å²) in [4.78, 5) is 114. The normalized spacial score (nSPS) is 13.9. The molecule has 0 saturated carbocycles. The molecule has 0 aliphatic carbocycles. The maximum atomic E-state index is 13.6. The van der Waals surface area contributed by atoms with E-state index in [9.17, 15) is 53.4 Å².